The van der Waals surface area contributed by atoms with Crippen molar-refractivity contribution < 1.29 is 9.47 Å². The molecule has 0 aromatic heterocycles. The third-order valence-electron chi connectivity index (χ3n) is 3.31. The number of anilines is 1. The van der Waals surface area contributed by atoms with Crippen molar-refractivity contribution in [3.8, 4) is 11.5 Å². The molecule has 0 saturated heterocycles. The highest BCUT2D eigenvalue weighted by Gasteiger charge is 2.14. The third kappa shape index (κ3) is 8.51. The molecule has 0 spiro atoms. The fourth-order valence-corrected chi connectivity index (χ4v) is 2.31. The Balaban J connectivity index is 0.00000364. The van der Waals surface area contributed by atoms with E-state index >= 15 is 0 Å². The maximum absolute atomic E-state index is 6.02. The minimum absolute atomic E-state index is 0. The Hall–Kier alpha value is -1.96. The smallest absolute Gasteiger partial charge is 0.193 e. The molecular formula is C21H30IN3O2. The van der Waals surface area contributed by atoms with Crippen molar-refractivity contribution in [2.24, 2.45) is 10.7 Å². The molecule has 0 aliphatic heterocycles. The van der Waals surface area contributed by atoms with Crippen molar-refractivity contribution in [2.45, 2.75) is 52.9 Å². The summed E-state index contributed by atoms with van der Waals surface area (Å²) < 4.78 is 11.6. The lowest BCUT2D eigenvalue weighted by Gasteiger charge is -2.23. The van der Waals surface area contributed by atoms with Crippen molar-refractivity contribution in [2.75, 3.05) is 5.32 Å². The molecule has 6 heteroatoms. The van der Waals surface area contributed by atoms with E-state index in [-0.39, 0.29) is 35.7 Å². The Morgan fingerprint density at radius 1 is 1.07 bits per heavy atom. The van der Waals surface area contributed by atoms with Crippen LogP contribution in [0, 0.1) is 0 Å². The van der Waals surface area contributed by atoms with E-state index in [0.29, 0.717) is 12.5 Å². The van der Waals surface area contributed by atoms with E-state index in [9.17, 15) is 0 Å². The van der Waals surface area contributed by atoms with Gasteiger partial charge in [-0.25, -0.2) is 4.99 Å². The Morgan fingerprint density at radius 3 is 2.30 bits per heavy atom. The number of guanidine groups is 1. The Kier molecular flexibility index (Phi) is 8.88. The van der Waals surface area contributed by atoms with Gasteiger partial charge in [0.05, 0.1) is 12.6 Å². The minimum atomic E-state index is -0.261. The first-order valence-electron chi connectivity index (χ1n) is 8.83. The Labute approximate surface area is 179 Å². The molecule has 0 unspecified atom stereocenters. The molecule has 148 valence electrons. The molecule has 0 aliphatic carbocycles. The topological polar surface area (TPSA) is 68.9 Å². The molecule has 2 aromatic rings. The molecule has 2 aromatic carbocycles. The zero-order valence-corrected chi connectivity index (χ0v) is 19.0. The summed E-state index contributed by atoms with van der Waals surface area (Å²) >= 11 is 0. The summed E-state index contributed by atoms with van der Waals surface area (Å²) in [4.78, 5) is 4.42. The van der Waals surface area contributed by atoms with Gasteiger partial charge < -0.3 is 20.5 Å². The van der Waals surface area contributed by atoms with E-state index < -0.39 is 0 Å². The number of ether oxygens (including phenoxy) is 2. The molecule has 0 fully saturated rings. The number of nitrogens with one attached hydrogen (secondary N) is 1. The number of aliphatic imine (C=N–C) groups is 1. The molecule has 0 radical (unpaired) electrons. The van der Waals surface area contributed by atoms with E-state index in [1.807, 2.05) is 83.1 Å². The van der Waals surface area contributed by atoms with Gasteiger partial charge >= 0.3 is 0 Å². The number of para-hydroxylation sites is 1. The van der Waals surface area contributed by atoms with Gasteiger partial charge in [-0.3, -0.25) is 0 Å². The fraction of sp³-hybridized carbons (Fsp3) is 0.381. The SMILES string of the molecule is CC(C)Oc1ccc(NC(N)=NCc2ccccc2OC(C)(C)C)cc1.I. The standard InChI is InChI=1S/C21H29N3O2.HI/c1-15(2)25-18-12-10-17(11-13-18)24-20(22)23-14-16-8-6-7-9-19(16)26-21(3,4)5;/h6-13,15H,14H2,1-5H3,(H3,22,23,24);1H. The lowest BCUT2D eigenvalue weighted by atomic mass is 10.1. The maximum atomic E-state index is 6.02. The summed E-state index contributed by atoms with van der Waals surface area (Å²) in [6, 6.07) is 15.5. The molecule has 5 nitrogen and oxygen atoms in total. The molecule has 2 rings (SSSR count). The van der Waals surface area contributed by atoms with E-state index in [1.165, 1.54) is 0 Å². The van der Waals surface area contributed by atoms with Crippen molar-refractivity contribution >= 4 is 35.6 Å². The van der Waals surface area contributed by atoms with Crippen LogP contribution < -0.4 is 20.5 Å². The van der Waals surface area contributed by atoms with Crippen LogP contribution in [0.25, 0.3) is 0 Å². The molecule has 0 bridgehead atoms. The van der Waals surface area contributed by atoms with Crippen LogP contribution in [-0.4, -0.2) is 17.7 Å². The van der Waals surface area contributed by atoms with E-state index in [0.717, 1.165) is 22.7 Å². The van der Waals surface area contributed by atoms with Gasteiger partial charge in [0.15, 0.2) is 5.96 Å². The van der Waals surface area contributed by atoms with Gasteiger partial charge in [-0.05, 0) is 65.0 Å². The van der Waals surface area contributed by atoms with Gasteiger partial charge in [-0.2, -0.15) is 0 Å². The Morgan fingerprint density at radius 2 is 1.70 bits per heavy atom. The van der Waals surface area contributed by atoms with Gasteiger partial charge in [0, 0.05) is 11.3 Å². The molecule has 3 N–H and O–H groups in total. The summed E-state index contributed by atoms with van der Waals surface area (Å²) in [5.74, 6) is 2.01. The number of hydrogen-bond acceptors (Lipinski definition) is 3. The van der Waals surface area contributed by atoms with Crippen LogP contribution in [0.1, 0.15) is 40.2 Å². The summed E-state index contributed by atoms with van der Waals surface area (Å²) in [7, 11) is 0. The zero-order valence-electron chi connectivity index (χ0n) is 16.7. The van der Waals surface area contributed by atoms with Crippen LogP contribution in [-0.2, 0) is 6.54 Å². The quantitative estimate of drug-likeness (QED) is 0.337. The van der Waals surface area contributed by atoms with E-state index in [2.05, 4.69) is 10.3 Å². The second-order valence-electron chi connectivity index (χ2n) is 7.34. The van der Waals surface area contributed by atoms with Crippen molar-refractivity contribution in [3.63, 3.8) is 0 Å². The number of nitrogens with two attached hydrogens (primary N) is 1. The first kappa shape index (κ1) is 23.1. The number of hydrogen-bond donors (Lipinski definition) is 2. The van der Waals surface area contributed by atoms with Crippen LogP contribution >= 0.6 is 24.0 Å². The van der Waals surface area contributed by atoms with Crippen molar-refractivity contribution in [1.29, 1.82) is 0 Å². The first-order valence-corrected chi connectivity index (χ1v) is 8.83. The number of halogens is 1. The van der Waals surface area contributed by atoms with Crippen LogP contribution in [0.3, 0.4) is 0 Å². The maximum Gasteiger partial charge on any atom is 0.193 e. The molecule has 0 saturated carbocycles. The van der Waals surface area contributed by atoms with Gasteiger partial charge in [-0.1, -0.05) is 18.2 Å². The predicted octanol–water partition coefficient (Wildman–Crippen LogP) is 5.20. The number of rotatable bonds is 6. The highest BCUT2D eigenvalue weighted by molar-refractivity contribution is 14.0. The molecule has 0 heterocycles. The van der Waals surface area contributed by atoms with Crippen molar-refractivity contribution in [3.05, 3.63) is 54.1 Å². The summed E-state index contributed by atoms with van der Waals surface area (Å²) in [5.41, 5.74) is 7.61. The van der Waals surface area contributed by atoms with Gasteiger partial charge in [-0.15, -0.1) is 24.0 Å². The second kappa shape index (κ2) is 10.4. The van der Waals surface area contributed by atoms with E-state index in [4.69, 9.17) is 15.2 Å². The van der Waals surface area contributed by atoms with Crippen LogP contribution in [0.5, 0.6) is 11.5 Å². The monoisotopic (exact) mass is 483 g/mol. The molecule has 27 heavy (non-hydrogen) atoms. The zero-order chi connectivity index (χ0) is 19.2. The average Bonchev–Trinajstić information content (AvgIpc) is 2.54. The normalized spacial score (nSPS) is 11.7. The lowest BCUT2D eigenvalue weighted by Crippen LogP contribution is -2.24. The Bertz CT molecular complexity index is 738. The summed E-state index contributed by atoms with van der Waals surface area (Å²) in [6.45, 7) is 10.5. The molecule has 0 atom stereocenters. The second-order valence-corrected chi connectivity index (χ2v) is 7.34. The highest BCUT2D eigenvalue weighted by Crippen LogP contribution is 2.23. The van der Waals surface area contributed by atoms with Gasteiger partial charge in [0.25, 0.3) is 0 Å². The van der Waals surface area contributed by atoms with Crippen LogP contribution in [0.4, 0.5) is 5.69 Å². The highest BCUT2D eigenvalue weighted by atomic mass is 127. The largest absolute Gasteiger partial charge is 0.491 e. The molecular weight excluding hydrogens is 453 g/mol. The minimum Gasteiger partial charge on any atom is -0.491 e. The van der Waals surface area contributed by atoms with E-state index in [1.54, 1.807) is 0 Å². The van der Waals surface area contributed by atoms with Crippen molar-refractivity contribution in [1.82, 2.24) is 0 Å². The summed E-state index contributed by atoms with van der Waals surface area (Å²) in [6.07, 6.45) is 0.149. The first-order chi connectivity index (χ1) is 12.2. The van der Waals surface area contributed by atoms with Gasteiger partial charge in [0.2, 0.25) is 0 Å². The average molecular weight is 483 g/mol. The fourth-order valence-electron chi connectivity index (χ4n) is 2.31. The number of benzene rings is 2. The lowest BCUT2D eigenvalue weighted by molar-refractivity contribution is 0.129. The van der Waals surface area contributed by atoms with Crippen LogP contribution in [0.2, 0.25) is 0 Å². The summed E-state index contributed by atoms with van der Waals surface area (Å²) in [5, 5.41) is 3.09. The third-order valence-corrected chi connectivity index (χ3v) is 3.31. The van der Waals surface area contributed by atoms with Gasteiger partial charge in [0.1, 0.15) is 17.1 Å². The molecule has 0 aliphatic rings. The molecule has 0 amide bonds. The number of nitrogens with zero attached hydrogens (tertiary/aromatic N) is 1. The predicted molar refractivity (Wildman–Crippen MR) is 123 cm³/mol. The van der Waals surface area contributed by atoms with Crippen LogP contribution in [0.15, 0.2) is 53.5 Å².